The molecule has 0 unspecified atom stereocenters. The Kier molecular flexibility index (Phi) is 4.11. The van der Waals surface area contributed by atoms with Gasteiger partial charge in [-0.1, -0.05) is 24.4 Å². The van der Waals surface area contributed by atoms with Gasteiger partial charge in [-0.2, -0.15) is 0 Å². The van der Waals surface area contributed by atoms with Gasteiger partial charge < -0.3 is 9.64 Å². The molecular weight excluding hydrogens is 264 g/mol. The van der Waals surface area contributed by atoms with Crippen molar-refractivity contribution in [3.63, 3.8) is 0 Å². The van der Waals surface area contributed by atoms with Crippen LogP contribution in [0.2, 0.25) is 0 Å². The minimum absolute atomic E-state index is 0.0641. The van der Waals surface area contributed by atoms with Crippen LogP contribution in [0.3, 0.4) is 0 Å². The molecule has 1 aliphatic rings. The zero-order valence-electron chi connectivity index (χ0n) is 10.9. The Hall–Kier alpha value is -1.53. The Morgan fingerprint density at radius 2 is 2.05 bits per heavy atom. The topological polar surface area (TPSA) is 55.6 Å². The van der Waals surface area contributed by atoms with Gasteiger partial charge in [-0.3, -0.25) is 10.1 Å². The molecular formula is C13H16N2O3S. The fourth-order valence-electron chi connectivity index (χ4n) is 2.28. The number of hydrogen-bond donors (Lipinski definition) is 0. The van der Waals surface area contributed by atoms with Crippen LogP contribution in [0.4, 0.5) is 5.69 Å². The number of hydrogen-bond acceptors (Lipinski definition) is 4. The standard InChI is InChI=1S/C13H16N2O3S/c1-9-7-14(8-10(2)18-9)13(19)11-4-3-5-12(6-11)15(16)17/h3-6,9-10H,7-8H2,1-2H3/t9-,10+. The molecule has 2 rings (SSSR count). The number of nitro benzene ring substituents is 1. The molecule has 0 saturated carbocycles. The van der Waals surface area contributed by atoms with Gasteiger partial charge in [0.15, 0.2) is 0 Å². The minimum Gasteiger partial charge on any atom is -0.372 e. The van der Waals surface area contributed by atoms with Crippen molar-refractivity contribution in [2.45, 2.75) is 26.1 Å². The molecule has 1 aromatic carbocycles. The first kappa shape index (κ1) is 13.9. The number of nitro groups is 1. The molecule has 0 aliphatic carbocycles. The number of morpholine rings is 1. The number of ether oxygens (including phenoxy) is 1. The highest BCUT2D eigenvalue weighted by atomic mass is 32.1. The van der Waals surface area contributed by atoms with Crippen molar-refractivity contribution >= 4 is 22.9 Å². The summed E-state index contributed by atoms with van der Waals surface area (Å²) < 4.78 is 5.65. The Morgan fingerprint density at radius 1 is 1.42 bits per heavy atom. The van der Waals surface area contributed by atoms with Crippen LogP contribution in [0.1, 0.15) is 19.4 Å². The molecule has 0 radical (unpaired) electrons. The predicted molar refractivity (Wildman–Crippen MR) is 76.4 cm³/mol. The van der Waals surface area contributed by atoms with Crippen LogP contribution < -0.4 is 0 Å². The second-order valence-corrected chi connectivity index (χ2v) is 5.16. The van der Waals surface area contributed by atoms with E-state index in [-0.39, 0.29) is 17.9 Å². The monoisotopic (exact) mass is 280 g/mol. The van der Waals surface area contributed by atoms with Gasteiger partial charge in [0.05, 0.1) is 17.1 Å². The average Bonchev–Trinajstić information content (AvgIpc) is 2.37. The SMILES string of the molecule is C[C@@H]1CN(C(=S)c2cccc([N+](=O)[O-])c2)C[C@H](C)O1. The van der Waals surface area contributed by atoms with Crippen molar-refractivity contribution in [1.82, 2.24) is 4.90 Å². The number of thiocarbonyl (C=S) groups is 1. The quantitative estimate of drug-likeness (QED) is 0.473. The van der Waals surface area contributed by atoms with Crippen LogP contribution in [-0.4, -0.2) is 40.1 Å². The molecule has 2 atom stereocenters. The molecule has 5 nitrogen and oxygen atoms in total. The maximum atomic E-state index is 10.8. The third-order valence-corrected chi connectivity index (χ3v) is 3.50. The summed E-state index contributed by atoms with van der Waals surface area (Å²) in [7, 11) is 0. The van der Waals surface area contributed by atoms with E-state index in [2.05, 4.69) is 0 Å². The molecule has 0 amide bonds. The number of benzene rings is 1. The van der Waals surface area contributed by atoms with E-state index < -0.39 is 4.92 Å². The van der Waals surface area contributed by atoms with Gasteiger partial charge in [0.25, 0.3) is 5.69 Å². The highest BCUT2D eigenvalue weighted by Crippen LogP contribution is 2.18. The Balaban J connectivity index is 2.19. The summed E-state index contributed by atoms with van der Waals surface area (Å²) in [5.74, 6) is 0. The highest BCUT2D eigenvalue weighted by molar-refractivity contribution is 7.80. The molecule has 1 aromatic rings. The van der Waals surface area contributed by atoms with Crippen molar-refractivity contribution in [3.05, 3.63) is 39.9 Å². The molecule has 102 valence electrons. The van der Waals surface area contributed by atoms with Crippen LogP contribution in [0, 0.1) is 10.1 Å². The number of nitrogens with zero attached hydrogens (tertiary/aromatic N) is 2. The van der Waals surface area contributed by atoms with Crippen LogP contribution in [0.15, 0.2) is 24.3 Å². The molecule has 19 heavy (non-hydrogen) atoms. The lowest BCUT2D eigenvalue weighted by atomic mass is 10.1. The Morgan fingerprint density at radius 3 is 2.63 bits per heavy atom. The summed E-state index contributed by atoms with van der Waals surface area (Å²) >= 11 is 5.44. The molecule has 0 aromatic heterocycles. The highest BCUT2D eigenvalue weighted by Gasteiger charge is 2.25. The van der Waals surface area contributed by atoms with Crippen molar-refractivity contribution < 1.29 is 9.66 Å². The second kappa shape index (κ2) is 5.63. The van der Waals surface area contributed by atoms with Gasteiger partial charge in [-0.05, 0) is 13.8 Å². The molecule has 0 bridgehead atoms. The van der Waals surface area contributed by atoms with E-state index >= 15 is 0 Å². The van der Waals surface area contributed by atoms with Gasteiger partial charge in [-0.15, -0.1) is 0 Å². The first-order valence-corrected chi connectivity index (χ1v) is 6.57. The number of rotatable bonds is 2. The lowest BCUT2D eigenvalue weighted by molar-refractivity contribution is -0.384. The molecule has 1 saturated heterocycles. The van der Waals surface area contributed by atoms with E-state index in [0.717, 1.165) is 0 Å². The summed E-state index contributed by atoms with van der Waals surface area (Å²) in [6.07, 6.45) is 0.223. The maximum absolute atomic E-state index is 10.8. The maximum Gasteiger partial charge on any atom is 0.270 e. The summed E-state index contributed by atoms with van der Waals surface area (Å²) in [4.78, 5) is 13.1. The lowest BCUT2D eigenvalue weighted by Crippen LogP contribution is -2.47. The van der Waals surface area contributed by atoms with E-state index in [1.165, 1.54) is 12.1 Å². The van der Waals surface area contributed by atoms with E-state index in [4.69, 9.17) is 17.0 Å². The molecule has 6 heteroatoms. The summed E-state index contributed by atoms with van der Waals surface area (Å²) in [5, 5.41) is 10.8. The first-order valence-electron chi connectivity index (χ1n) is 6.16. The van der Waals surface area contributed by atoms with Gasteiger partial charge in [0, 0.05) is 30.8 Å². The third-order valence-electron chi connectivity index (χ3n) is 3.01. The zero-order valence-corrected chi connectivity index (χ0v) is 11.7. The summed E-state index contributed by atoms with van der Waals surface area (Å²) in [6, 6.07) is 6.46. The minimum atomic E-state index is -0.406. The molecule has 1 aliphatic heterocycles. The normalized spacial score (nSPS) is 23.2. The molecule has 0 spiro atoms. The predicted octanol–water partition coefficient (Wildman–Crippen LogP) is 2.38. The molecule has 1 heterocycles. The van der Waals surface area contributed by atoms with Gasteiger partial charge >= 0.3 is 0 Å². The average molecular weight is 280 g/mol. The van der Waals surface area contributed by atoms with Crippen molar-refractivity contribution in [1.29, 1.82) is 0 Å². The lowest BCUT2D eigenvalue weighted by Gasteiger charge is -2.37. The van der Waals surface area contributed by atoms with Crippen LogP contribution in [0.25, 0.3) is 0 Å². The van der Waals surface area contributed by atoms with Gasteiger partial charge in [-0.25, -0.2) is 0 Å². The van der Waals surface area contributed by atoms with E-state index in [1.807, 2.05) is 18.7 Å². The third kappa shape index (κ3) is 3.27. The number of non-ortho nitro benzene ring substituents is 1. The van der Waals surface area contributed by atoms with E-state index in [1.54, 1.807) is 12.1 Å². The smallest absolute Gasteiger partial charge is 0.270 e. The summed E-state index contributed by atoms with van der Waals surface area (Å²) in [5.41, 5.74) is 0.778. The van der Waals surface area contributed by atoms with Crippen molar-refractivity contribution in [3.8, 4) is 0 Å². The van der Waals surface area contributed by atoms with Crippen molar-refractivity contribution in [2.24, 2.45) is 0 Å². The van der Waals surface area contributed by atoms with Crippen LogP contribution >= 0.6 is 12.2 Å². The van der Waals surface area contributed by atoms with Crippen LogP contribution in [0.5, 0.6) is 0 Å². The van der Waals surface area contributed by atoms with Gasteiger partial charge in [0.1, 0.15) is 4.99 Å². The fourth-order valence-corrected chi connectivity index (χ4v) is 2.55. The fraction of sp³-hybridized carbons (Fsp3) is 0.462. The molecule has 1 fully saturated rings. The van der Waals surface area contributed by atoms with Crippen molar-refractivity contribution in [2.75, 3.05) is 13.1 Å². The Labute approximate surface area is 117 Å². The molecule has 0 N–H and O–H groups in total. The van der Waals surface area contributed by atoms with Crippen LogP contribution in [-0.2, 0) is 4.74 Å². The van der Waals surface area contributed by atoms with Gasteiger partial charge in [0.2, 0.25) is 0 Å². The zero-order chi connectivity index (χ0) is 14.0. The van der Waals surface area contributed by atoms with E-state index in [0.29, 0.717) is 23.6 Å². The first-order chi connectivity index (χ1) is 8.97. The van der Waals surface area contributed by atoms with E-state index in [9.17, 15) is 10.1 Å². The summed E-state index contributed by atoms with van der Waals surface area (Å²) in [6.45, 7) is 5.43. The largest absolute Gasteiger partial charge is 0.372 e. The second-order valence-electron chi connectivity index (χ2n) is 4.77. The Bertz CT molecular complexity index is 496.